The van der Waals surface area contributed by atoms with Gasteiger partial charge in [-0.3, -0.25) is 4.79 Å². The maximum absolute atomic E-state index is 13.1. The topological polar surface area (TPSA) is 40.5 Å². The van der Waals surface area contributed by atoms with Gasteiger partial charge in [0.1, 0.15) is 0 Å². The molecule has 5 fully saturated rings. The van der Waals surface area contributed by atoms with Crippen molar-refractivity contribution in [2.24, 2.45) is 29.1 Å². The van der Waals surface area contributed by atoms with Crippen LogP contribution in [0.2, 0.25) is 0 Å². The van der Waals surface area contributed by atoms with E-state index < -0.39 is 5.60 Å². The highest BCUT2D eigenvalue weighted by molar-refractivity contribution is 5.77. The van der Waals surface area contributed by atoms with Crippen LogP contribution in [0.1, 0.15) is 72.1 Å². The molecule has 5 aliphatic carbocycles. The van der Waals surface area contributed by atoms with Crippen LogP contribution in [0, 0.1) is 29.1 Å². The first-order valence-corrected chi connectivity index (χ1v) is 9.79. The molecule has 4 bridgehead atoms. The fourth-order valence-electron chi connectivity index (χ4n) is 6.54. The fourth-order valence-corrected chi connectivity index (χ4v) is 6.54. The lowest BCUT2D eigenvalue weighted by Gasteiger charge is -2.60. The first kappa shape index (κ1) is 15.9. The maximum Gasteiger partial charge on any atom is 0.223 e. The lowest BCUT2D eigenvalue weighted by atomic mass is 9.47. The number of rotatable bonds is 5. The third kappa shape index (κ3) is 2.94. The van der Waals surface area contributed by atoms with Crippen LogP contribution in [0.25, 0.3) is 0 Å². The van der Waals surface area contributed by atoms with E-state index in [0.29, 0.717) is 30.2 Å². The molecular weight excluding hydrogens is 286 g/mol. The molecule has 130 valence electrons. The highest BCUT2D eigenvalue weighted by Crippen LogP contribution is 2.63. The van der Waals surface area contributed by atoms with Gasteiger partial charge < -0.3 is 10.0 Å². The van der Waals surface area contributed by atoms with Gasteiger partial charge in [0.25, 0.3) is 0 Å². The monoisotopic (exact) mass is 319 g/mol. The summed E-state index contributed by atoms with van der Waals surface area (Å²) in [6.07, 6.45) is 8.50. The average Bonchev–Trinajstić information content (AvgIpc) is 3.07. The summed E-state index contributed by atoms with van der Waals surface area (Å²) < 4.78 is 0. The van der Waals surface area contributed by atoms with Crippen LogP contribution >= 0.6 is 0 Å². The molecule has 0 aromatic carbocycles. The van der Waals surface area contributed by atoms with Crippen molar-refractivity contribution in [1.29, 1.82) is 0 Å². The second-order valence-electron chi connectivity index (χ2n) is 9.98. The van der Waals surface area contributed by atoms with Gasteiger partial charge in [-0.1, -0.05) is 6.92 Å². The van der Waals surface area contributed by atoms with E-state index >= 15 is 0 Å². The molecule has 3 nitrogen and oxygen atoms in total. The van der Waals surface area contributed by atoms with Crippen LogP contribution in [0.5, 0.6) is 0 Å². The SMILES string of the molecule is CC1CC1CN(C(=O)CC12CC3CC(CC(O)(C3)C1)C2)C(C)C. The molecule has 4 atom stereocenters. The third-order valence-corrected chi connectivity index (χ3v) is 7.33. The zero-order valence-electron chi connectivity index (χ0n) is 15.1. The van der Waals surface area contributed by atoms with Gasteiger partial charge in [-0.05, 0) is 87.9 Å². The Morgan fingerprint density at radius 3 is 2.26 bits per heavy atom. The quantitative estimate of drug-likeness (QED) is 0.841. The van der Waals surface area contributed by atoms with Gasteiger partial charge in [0.2, 0.25) is 5.91 Å². The Kier molecular flexibility index (Phi) is 3.61. The summed E-state index contributed by atoms with van der Waals surface area (Å²) >= 11 is 0. The summed E-state index contributed by atoms with van der Waals surface area (Å²) in [5.74, 6) is 3.21. The van der Waals surface area contributed by atoms with Crippen molar-refractivity contribution in [3.05, 3.63) is 0 Å². The van der Waals surface area contributed by atoms with Crippen molar-refractivity contribution < 1.29 is 9.90 Å². The van der Waals surface area contributed by atoms with Gasteiger partial charge in [0.15, 0.2) is 0 Å². The van der Waals surface area contributed by atoms with E-state index in [9.17, 15) is 9.90 Å². The number of amides is 1. The molecular formula is C20H33NO2. The van der Waals surface area contributed by atoms with Crippen molar-refractivity contribution in [2.45, 2.75) is 83.8 Å². The van der Waals surface area contributed by atoms with E-state index in [1.54, 1.807) is 0 Å². The number of hydrogen-bond donors (Lipinski definition) is 1. The molecule has 1 N–H and O–H groups in total. The molecule has 1 amide bonds. The van der Waals surface area contributed by atoms with Gasteiger partial charge in [0, 0.05) is 19.0 Å². The molecule has 0 saturated heterocycles. The second kappa shape index (κ2) is 5.21. The second-order valence-corrected chi connectivity index (χ2v) is 9.98. The molecule has 23 heavy (non-hydrogen) atoms. The molecule has 0 spiro atoms. The predicted octanol–water partition coefficient (Wildman–Crippen LogP) is 3.60. The molecule has 0 heterocycles. The van der Waals surface area contributed by atoms with E-state index in [-0.39, 0.29) is 5.41 Å². The van der Waals surface area contributed by atoms with E-state index in [4.69, 9.17) is 0 Å². The number of carbonyl (C=O) groups excluding carboxylic acids is 1. The Labute approximate surface area is 140 Å². The number of hydrogen-bond acceptors (Lipinski definition) is 2. The molecule has 4 unspecified atom stereocenters. The smallest absolute Gasteiger partial charge is 0.223 e. The molecule has 3 heteroatoms. The lowest BCUT2D eigenvalue weighted by Crippen LogP contribution is -2.57. The zero-order valence-corrected chi connectivity index (χ0v) is 15.1. The summed E-state index contributed by atoms with van der Waals surface area (Å²) in [5.41, 5.74) is -0.337. The van der Waals surface area contributed by atoms with Crippen LogP contribution in [0.4, 0.5) is 0 Å². The van der Waals surface area contributed by atoms with E-state index in [1.807, 2.05) is 0 Å². The summed E-state index contributed by atoms with van der Waals surface area (Å²) in [7, 11) is 0. The number of aliphatic hydroxyl groups is 1. The molecule has 0 aromatic heterocycles. The van der Waals surface area contributed by atoms with Crippen LogP contribution in [0.3, 0.4) is 0 Å². The van der Waals surface area contributed by atoms with Crippen molar-refractivity contribution in [1.82, 2.24) is 4.90 Å². The van der Waals surface area contributed by atoms with Gasteiger partial charge in [-0.15, -0.1) is 0 Å². The van der Waals surface area contributed by atoms with Gasteiger partial charge >= 0.3 is 0 Å². The Morgan fingerprint density at radius 2 is 1.78 bits per heavy atom. The van der Waals surface area contributed by atoms with E-state index in [0.717, 1.165) is 37.6 Å². The van der Waals surface area contributed by atoms with Crippen LogP contribution < -0.4 is 0 Å². The van der Waals surface area contributed by atoms with Crippen molar-refractivity contribution in [2.75, 3.05) is 6.54 Å². The minimum atomic E-state index is -0.446. The van der Waals surface area contributed by atoms with E-state index in [1.165, 1.54) is 25.7 Å². The molecule has 5 rings (SSSR count). The average molecular weight is 319 g/mol. The summed E-state index contributed by atoms with van der Waals surface area (Å²) in [5, 5.41) is 10.9. The van der Waals surface area contributed by atoms with Gasteiger partial charge in [-0.25, -0.2) is 0 Å². The Morgan fingerprint density at radius 1 is 1.17 bits per heavy atom. The Balaban J connectivity index is 1.47. The van der Waals surface area contributed by atoms with Crippen molar-refractivity contribution in [3.63, 3.8) is 0 Å². The van der Waals surface area contributed by atoms with Crippen LogP contribution in [-0.2, 0) is 4.79 Å². The maximum atomic E-state index is 13.1. The van der Waals surface area contributed by atoms with Gasteiger partial charge in [-0.2, -0.15) is 0 Å². The molecule has 0 radical (unpaired) electrons. The number of carbonyl (C=O) groups is 1. The molecule has 0 aliphatic heterocycles. The minimum Gasteiger partial charge on any atom is -0.390 e. The number of nitrogens with zero attached hydrogens (tertiary/aromatic N) is 1. The van der Waals surface area contributed by atoms with Crippen molar-refractivity contribution in [3.8, 4) is 0 Å². The van der Waals surface area contributed by atoms with E-state index in [2.05, 4.69) is 25.7 Å². The highest BCUT2D eigenvalue weighted by Gasteiger charge is 2.57. The molecule has 5 aliphatic rings. The molecule has 0 aromatic rings. The summed E-state index contributed by atoms with van der Waals surface area (Å²) in [6, 6.07) is 0.298. The zero-order chi connectivity index (χ0) is 16.4. The van der Waals surface area contributed by atoms with Crippen LogP contribution in [-0.4, -0.2) is 34.1 Å². The molecule has 5 saturated carbocycles. The normalized spacial score (nSPS) is 47.2. The fraction of sp³-hybridized carbons (Fsp3) is 0.950. The largest absolute Gasteiger partial charge is 0.390 e. The minimum absolute atomic E-state index is 0.109. The first-order chi connectivity index (χ1) is 10.8. The first-order valence-electron chi connectivity index (χ1n) is 9.79. The summed E-state index contributed by atoms with van der Waals surface area (Å²) in [6.45, 7) is 7.55. The lowest BCUT2D eigenvalue weighted by molar-refractivity contribution is -0.172. The Hall–Kier alpha value is -0.570. The van der Waals surface area contributed by atoms with Crippen LogP contribution in [0.15, 0.2) is 0 Å². The standard InChI is InChI=1S/C20H33NO2/c1-13(2)21(11-17-4-14(17)3)18(22)10-19-6-15-5-16(7-19)9-20(23,8-15)12-19/h13-17,23H,4-12H2,1-3H3. The summed E-state index contributed by atoms with van der Waals surface area (Å²) in [4.78, 5) is 15.2. The predicted molar refractivity (Wildman–Crippen MR) is 90.8 cm³/mol. The van der Waals surface area contributed by atoms with Crippen molar-refractivity contribution >= 4 is 5.91 Å². The third-order valence-electron chi connectivity index (χ3n) is 7.33. The van der Waals surface area contributed by atoms with Gasteiger partial charge in [0.05, 0.1) is 5.60 Å². The Bertz CT molecular complexity index is 486. The highest BCUT2D eigenvalue weighted by atomic mass is 16.3.